The first-order valence-electron chi connectivity index (χ1n) is 10.5. The van der Waals surface area contributed by atoms with Crippen LogP contribution in [0.3, 0.4) is 0 Å². The van der Waals surface area contributed by atoms with Crippen molar-refractivity contribution >= 4 is 40.0 Å². The fourth-order valence-electron chi connectivity index (χ4n) is 4.05. The maximum Gasteiger partial charge on any atom is 0.253 e. The van der Waals surface area contributed by atoms with E-state index in [9.17, 15) is 9.59 Å². The smallest absolute Gasteiger partial charge is 0.253 e. The normalized spacial score (nSPS) is 14.6. The Morgan fingerprint density at radius 2 is 1.78 bits per heavy atom. The number of benzene rings is 2. The minimum absolute atomic E-state index is 0.0199. The van der Waals surface area contributed by atoms with Gasteiger partial charge in [-0.1, -0.05) is 12.1 Å². The lowest BCUT2D eigenvalue weighted by atomic mass is 9.95. The Balaban J connectivity index is 1.32. The molecule has 32 heavy (non-hydrogen) atoms. The lowest BCUT2D eigenvalue weighted by molar-refractivity contribution is -0.125. The second-order valence-electron chi connectivity index (χ2n) is 7.75. The fraction of sp³-hybridized carbons (Fsp3) is 0.273. The summed E-state index contributed by atoms with van der Waals surface area (Å²) in [4.78, 5) is 31.1. The Labute approximate surface area is 183 Å². The van der Waals surface area contributed by atoms with E-state index in [0.717, 1.165) is 16.7 Å². The third-order valence-electron chi connectivity index (χ3n) is 5.82. The molecule has 4 aromatic rings. The molecule has 1 fully saturated rings. The Kier molecular flexibility index (Phi) is 5.10. The summed E-state index contributed by atoms with van der Waals surface area (Å²) >= 11 is 0. The summed E-state index contributed by atoms with van der Waals surface area (Å²) in [6.45, 7) is 1.16. The molecule has 0 unspecified atom stereocenters. The third kappa shape index (κ3) is 3.59. The van der Waals surface area contributed by atoms with Crippen LogP contribution in [-0.2, 0) is 4.79 Å². The van der Waals surface area contributed by atoms with Gasteiger partial charge in [0.15, 0.2) is 5.82 Å². The standard InChI is InChI=1S/C22H22N8O2/c1-23-21(31)14-10-12-29(13-11-14)22(32)15-6-8-16(9-7-15)24-19-20-26-27-28-30(20)18-5-3-2-4-17(18)25-19/h2-9,14H,10-13H2,1H3,(H,23,31)(H,24,25). The second kappa shape index (κ2) is 8.22. The SMILES string of the molecule is CNC(=O)C1CCN(C(=O)c2ccc(Nc3nc4ccccc4n4nnnc34)cc2)CC1. The summed E-state index contributed by atoms with van der Waals surface area (Å²) in [7, 11) is 1.65. The Morgan fingerprint density at radius 1 is 1.03 bits per heavy atom. The predicted molar refractivity (Wildman–Crippen MR) is 119 cm³/mol. The zero-order valence-corrected chi connectivity index (χ0v) is 17.5. The number of hydrogen-bond acceptors (Lipinski definition) is 7. The van der Waals surface area contributed by atoms with Crippen molar-refractivity contribution in [2.75, 3.05) is 25.5 Å². The number of anilines is 2. The van der Waals surface area contributed by atoms with Gasteiger partial charge in [0.25, 0.3) is 5.91 Å². The first-order chi connectivity index (χ1) is 15.6. The topological polar surface area (TPSA) is 117 Å². The highest BCUT2D eigenvalue weighted by molar-refractivity contribution is 5.95. The third-order valence-corrected chi connectivity index (χ3v) is 5.82. The predicted octanol–water partition coefficient (Wildman–Crippen LogP) is 2.01. The monoisotopic (exact) mass is 430 g/mol. The molecule has 2 N–H and O–H groups in total. The van der Waals surface area contributed by atoms with E-state index in [2.05, 4.69) is 31.1 Å². The number of hydrogen-bond donors (Lipinski definition) is 2. The number of nitrogens with zero attached hydrogens (tertiary/aromatic N) is 6. The van der Waals surface area contributed by atoms with E-state index in [0.29, 0.717) is 43.0 Å². The molecule has 10 nitrogen and oxygen atoms in total. The van der Waals surface area contributed by atoms with Crippen LogP contribution in [0.5, 0.6) is 0 Å². The molecule has 0 radical (unpaired) electrons. The summed E-state index contributed by atoms with van der Waals surface area (Å²) in [6.07, 6.45) is 1.36. The number of carbonyl (C=O) groups is 2. The number of amides is 2. The fourth-order valence-corrected chi connectivity index (χ4v) is 4.05. The van der Waals surface area contributed by atoms with Gasteiger partial charge < -0.3 is 15.5 Å². The number of aromatic nitrogens is 5. The van der Waals surface area contributed by atoms with Gasteiger partial charge in [-0.2, -0.15) is 4.52 Å². The Hall–Kier alpha value is -4.08. The molecule has 10 heteroatoms. The highest BCUT2D eigenvalue weighted by Gasteiger charge is 2.27. The Morgan fingerprint density at radius 3 is 2.53 bits per heavy atom. The van der Waals surface area contributed by atoms with Crippen LogP contribution in [0.15, 0.2) is 48.5 Å². The molecule has 0 aliphatic carbocycles. The van der Waals surface area contributed by atoms with Crippen molar-refractivity contribution in [3.05, 3.63) is 54.1 Å². The lowest BCUT2D eigenvalue weighted by Crippen LogP contribution is -2.42. The summed E-state index contributed by atoms with van der Waals surface area (Å²) in [5.41, 5.74) is 3.48. The first-order valence-corrected chi connectivity index (χ1v) is 10.5. The number of likely N-dealkylation sites (tertiary alicyclic amines) is 1. The molecule has 1 aliphatic rings. The molecule has 2 amide bonds. The summed E-state index contributed by atoms with van der Waals surface area (Å²) in [5.74, 6) is 0.532. The van der Waals surface area contributed by atoms with Crippen molar-refractivity contribution in [2.24, 2.45) is 5.92 Å². The van der Waals surface area contributed by atoms with Crippen molar-refractivity contribution < 1.29 is 9.59 Å². The van der Waals surface area contributed by atoms with Crippen LogP contribution in [0.25, 0.3) is 16.7 Å². The summed E-state index contributed by atoms with van der Waals surface area (Å²) in [6, 6.07) is 14.9. The maximum absolute atomic E-state index is 12.9. The maximum atomic E-state index is 12.9. The molecule has 3 heterocycles. The van der Waals surface area contributed by atoms with Crippen molar-refractivity contribution in [3.63, 3.8) is 0 Å². The largest absolute Gasteiger partial charge is 0.359 e. The molecule has 1 aliphatic heterocycles. The van der Waals surface area contributed by atoms with E-state index in [1.807, 2.05) is 36.4 Å². The van der Waals surface area contributed by atoms with Gasteiger partial charge >= 0.3 is 0 Å². The van der Waals surface area contributed by atoms with Gasteiger partial charge in [0.05, 0.1) is 11.0 Å². The number of tetrazole rings is 1. The van der Waals surface area contributed by atoms with E-state index in [-0.39, 0.29) is 17.7 Å². The molecule has 0 atom stereocenters. The number of para-hydroxylation sites is 2. The minimum Gasteiger partial charge on any atom is -0.359 e. The molecule has 2 aromatic heterocycles. The lowest BCUT2D eigenvalue weighted by Gasteiger charge is -2.31. The number of rotatable bonds is 4. The van der Waals surface area contributed by atoms with Crippen LogP contribution >= 0.6 is 0 Å². The zero-order valence-electron chi connectivity index (χ0n) is 17.5. The van der Waals surface area contributed by atoms with Gasteiger partial charge in [-0.05, 0) is 59.7 Å². The molecule has 5 rings (SSSR count). The number of carbonyl (C=O) groups excluding carboxylic acids is 2. The van der Waals surface area contributed by atoms with Crippen LogP contribution in [-0.4, -0.2) is 61.9 Å². The van der Waals surface area contributed by atoms with E-state index in [1.54, 1.807) is 28.6 Å². The van der Waals surface area contributed by atoms with E-state index in [4.69, 9.17) is 0 Å². The highest BCUT2D eigenvalue weighted by atomic mass is 16.2. The average molecular weight is 430 g/mol. The van der Waals surface area contributed by atoms with Gasteiger partial charge in [-0.25, -0.2) is 4.98 Å². The molecule has 2 aromatic carbocycles. The average Bonchev–Trinajstić information content (AvgIpc) is 3.35. The van der Waals surface area contributed by atoms with Gasteiger partial charge in [-0.15, -0.1) is 5.10 Å². The molecule has 1 saturated heterocycles. The minimum atomic E-state index is -0.0280. The quantitative estimate of drug-likeness (QED) is 0.509. The van der Waals surface area contributed by atoms with Crippen molar-refractivity contribution in [1.29, 1.82) is 0 Å². The van der Waals surface area contributed by atoms with Crippen LogP contribution in [0.1, 0.15) is 23.2 Å². The van der Waals surface area contributed by atoms with Gasteiger partial charge in [0.1, 0.15) is 0 Å². The Bertz CT molecular complexity index is 1290. The summed E-state index contributed by atoms with van der Waals surface area (Å²) < 4.78 is 1.64. The molecule has 0 saturated carbocycles. The van der Waals surface area contributed by atoms with E-state index >= 15 is 0 Å². The van der Waals surface area contributed by atoms with Gasteiger partial charge in [-0.3, -0.25) is 9.59 Å². The number of nitrogens with one attached hydrogen (secondary N) is 2. The highest BCUT2D eigenvalue weighted by Crippen LogP contribution is 2.24. The van der Waals surface area contributed by atoms with Crippen molar-refractivity contribution in [3.8, 4) is 0 Å². The number of fused-ring (bicyclic) bond motifs is 3. The second-order valence-corrected chi connectivity index (χ2v) is 7.75. The first kappa shape index (κ1) is 19.9. The molecule has 162 valence electrons. The van der Waals surface area contributed by atoms with Crippen molar-refractivity contribution in [1.82, 2.24) is 35.2 Å². The van der Waals surface area contributed by atoms with Gasteiger partial charge in [0, 0.05) is 37.3 Å². The number of piperidine rings is 1. The van der Waals surface area contributed by atoms with Crippen LogP contribution in [0, 0.1) is 5.92 Å². The van der Waals surface area contributed by atoms with E-state index < -0.39 is 0 Å². The molecule has 0 bridgehead atoms. The molecular weight excluding hydrogens is 408 g/mol. The molecule has 0 spiro atoms. The van der Waals surface area contributed by atoms with Gasteiger partial charge in [0.2, 0.25) is 11.6 Å². The van der Waals surface area contributed by atoms with Crippen LogP contribution in [0.4, 0.5) is 11.5 Å². The zero-order chi connectivity index (χ0) is 22.1. The van der Waals surface area contributed by atoms with Crippen molar-refractivity contribution in [2.45, 2.75) is 12.8 Å². The van der Waals surface area contributed by atoms with Crippen LogP contribution < -0.4 is 10.6 Å². The van der Waals surface area contributed by atoms with Crippen LogP contribution in [0.2, 0.25) is 0 Å². The summed E-state index contributed by atoms with van der Waals surface area (Å²) in [5, 5.41) is 17.9. The van der Waals surface area contributed by atoms with E-state index in [1.165, 1.54) is 0 Å². The molecular formula is C22H22N8O2.